The lowest BCUT2D eigenvalue weighted by molar-refractivity contribution is 0.384. The third-order valence-electron chi connectivity index (χ3n) is 2.32. The van der Waals surface area contributed by atoms with Gasteiger partial charge in [0.15, 0.2) is 0 Å². The summed E-state index contributed by atoms with van der Waals surface area (Å²) in [7, 11) is 3.63. The Hall–Kier alpha value is -1.90. The van der Waals surface area contributed by atoms with Crippen LogP contribution < -0.4 is 10.2 Å². The molecule has 0 aromatic heterocycles. The Morgan fingerprint density at radius 3 is 2.47 bits per heavy atom. The van der Waals surface area contributed by atoms with Crippen LogP contribution in [0.15, 0.2) is 42.7 Å². The van der Waals surface area contributed by atoms with Crippen LogP contribution in [0.3, 0.4) is 0 Å². The first-order chi connectivity index (χ1) is 7.29. The highest BCUT2D eigenvalue weighted by atomic mass is 16.5. The van der Waals surface area contributed by atoms with Crippen LogP contribution in [0.25, 0.3) is 5.57 Å². The lowest BCUT2D eigenvalue weighted by Crippen LogP contribution is -2.26. The maximum Gasteiger partial charge on any atom is 0.118 e. The van der Waals surface area contributed by atoms with Gasteiger partial charge in [-0.25, -0.2) is 0 Å². The zero-order valence-corrected chi connectivity index (χ0v) is 8.90. The number of ether oxygens (including phenoxy) is 1. The standard InChI is InChI=1S/C12H14N2O/c1-14-8-7-11(9-13-14)10-3-5-12(15-2)6-4-10/h3-9,13H,1-2H3. The minimum Gasteiger partial charge on any atom is -0.497 e. The highest BCUT2D eigenvalue weighted by Crippen LogP contribution is 2.20. The Morgan fingerprint density at radius 1 is 1.20 bits per heavy atom. The molecule has 1 aromatic rings. The molecule has 3 heteroatoms. The van der Waals surface area contributed by atoms with Crippen LogP contribution in [0.2, 0.25) is 0 Å². The van der Waals surface area contributed by atoms with Crippen molar-refractivity contribution < 1.29 is 4.74 Å². The monoisotopic (exact) mass is 202 g/mol. The van der Waals surface area contributed by atoms with E-state index in [1.807, 2.05) is 48.7 Å². The van der Waals surface area contributed by atoms with Gasteiger partial charge in [-0.05, 0) is 23.8 Å². The fourth-order valence-corrected chi connectivity index (χ4v) is 1.42. The summed E-state index contributed by atoms with van der Waals surface area (Å²) in [5, 5.41) is 1.90. The van der Waals surface area contributed by atoms with Crippen molar-refractivity contribution in [1.29, 1.82) is 0 Å². The molecule has 1 aliphatic rings. The van der Waals surface area contributed by atoms with Gasteiger partial charge >= 0.3 is 0 Å². The number of hydrogen-bond acceptors (Lipinski definition) is 3. The second-order valence-electron chi connectivity index (χ2n) is 3.38. The summed E-state index contributed by atoms with van der Waals surface area (Å²) in [6.45, 7) is 0. The topological polar surface area (TPSA) is 24.5 Å². The minimum atomic E-state index is 0.879. The molecular formula is C12H14N2O. The lowest BCUT2D eigenvalue weighted by atomic mass is 10.1. The number of methoxy groups -OCH3 is 1. The van der Waals surface area contributed by atoms with Crippen LogP contribution in [-0.2, 0) is 0 Å². The molecule has 15 heavy (non-hydrogen) atoms. The summed E-state index contributed by atoms with van der Waals surface area (Å²) in [6, 6.07) is 8.01. The van der Waals surface area contributed by atoms with Crippen molar-refractivity contribution in [2.75, 3.05) is 14.2 Å². The van der Waals surface area contributed by atoms with E-state index in [-0.39, 0.29) is 0 Å². The second kappa shape index (κ2) is 4.09. The Bertz CT molecular complexity index is 393. The Kier molecular flexibility index (Phi) is 2.63. The number of hydrazine groups is 1. The molecule has 1 aromatic carbocycles. The predicted octanol–water partition coefficient (Wildman–Crippen LogP) is 2.00. The van der Waals surface area contributed by atoms with Crippen molar-refractivity contribution in [3.63, 3.8) is 0 Å². The van der Waals surface area contributed by atoms with Crippen LogP contribution in [0.4, 0.5) is 0 Å². The number of nitrogens with zero attached hydrogens (tertiary/aromatic N) is 1. The third-order valence-corrected chi connectivity index (χ3v) is 2.32. The molecule has 2 rings (SSSR count). The van der Waals surface area contributed by atoms with E-state index < -0.39 is 0 Å². The number of allylic oxidation sites excluding steroid dienone is 2. The number of nitrogens with one attached hydrogen (secondary N) is 1. The van der Waals surface area contributed by atoms with Gasteiger partial charge < -0.3 is 10.2 Å². The summed E-state index contributed by atoms with van der Waals surface area (Å²) in [5.74, 6) is 0.879. The zero-order chi connectivity index (χ0) is 10.7. The Labute approximate surface area is 89.6 Å². The first kappa shape index (κ1) is 9.65. The Morgan fingerprint density at radius 2 is 1.93 bits per heavy atom. The van der Waals surface area contributed by atoms with E-state index in [4.69, 9.17) is 4.74 Å². The second-order valence-corrected chi connectivity index (χ2v) is 3.38. The highest BCUT2D eigenvalue weighted by molar-refractivity contribution is 5.74. The molecule has 1 heterocycles. The zero-order valence-electron chi connectivity index (χ0n) is 8.90. The average Bonchev–Trinajstić information content (AvgIpc) is 2.30. The van der Waals surface area contributed by atoms with Crippen LogP contribution in [-0.4, -0.2) is 19.2 Å². The molecule has 78 valence electrons. The van der Waals surface area contributed by atoms with Gasteiger partial charge in [-0.15, -0.1) is 0 Å². The lowest BCUT2D eigenvalue weighted by Gasteiger charge is -2.19. The summed E-state index contributed by atoms with van der Waals surface area (Å²) >= 11 is 0. The maximum atomic E-state index is 5.11. The number of benzene rings is 1. The summed E-state index contributed by atoms with van der Waals surface area (Å²) < 4.78 is 5.11. The predicted molar refractivity (Wildman–Crippen MR) is 61.0 cm³/mol. The van der Waals surface area contributed by atoms with E-state index in [9.17, 15) is 0 Å². The molecule has 3 nitrogen and oxygen atoms in total. The van der Waals surface area contributed by atoms with E-state index in [0.29, 0.717) is 0 Å². The van der Waals surface area contributed by atoms with Gasteiger partial charge in [0.05, 0.1) is 7.11 Å². The van der Waals surface area contributed by atoms with E-state index in [1.165, 1.54) is 5.56 Å². The van der Waals surface area contributed by atoms with Crippen molar-refractivity contribution in [1.82, 2.24) is 10.4 Å². The summed E-state index contributed by atoms with van der Waals surface area (Å²) in [5.41, 5.74) is 5.45. The first-order valence-corrected chi connectivity index (χ1v) is 4.81. The molecule has 0 atom stereocenters. The molecule has 0 bridgehead atoms. The summed E-state index contributed by atoms with van der Waals surface area (Å²) in [4.78, 5) is 0. The van der Waals surface area contributed by atoms with Crippen LogP contribution in [0, 0.1) is 0 Å². The smallest absolute Gasteiger partial charge is 0.118 e. The molecule has 0 radical (unpaired) electrons. The molecule has 0 saturated heterocycles. The molecule has 0 spiro atoms. The SMILES string of the molecule is COc1ccc(C2=CNN(C)C=C2)cc1. The molecule has 0 unspecified atom stereocenters. The van der Waals surface area contributed by atoms with Crippen molar-refractivity contribution in [3.8, 4) is 5.75 Å². The van der Waals surface area contributed by atoms with Crippen molar-refractivity contribution in [2.45, 2.75) is 0 Å². The molecule has 1 N–H and O–H groups in total. The molecule has 1 aliphatic heterocycles. The van der Waals surface area contributed by atoms with Gasteiger partial charge in [-0.3, -0.25) is 5.01 Å². The van der Waals surface area contributed by atoms with E-state index in [1.54, 1.807) is 7.11 Å². The van der Waals surface area contributed by atoms with Crippen LogP contribution >= 0.6 is 0 Å². The molecule has 0 aliphatic carbocycles. The minimum absolute atomic E-state index is 0.879. The van der Waals surface area contributed by atoms with E-state index in [0.717, 1.165) is 11.3 Å². The van der Waals surface area contributed by atoms with Gasteiger partial charge in [0.25, 0.3) is 0 Å². The van der Waals surface area contributed by atoms with Gasteiger partial charge in [0, 0.05) is 25.0 Å². The van der Waals surface area contributed by atoms with Gasteiger partial charge in [-0.1, -0.05) is 12.1 Å². The maximum absolute atomic E-state index is 5.11. The fourth-order valence-electron chi connectivity index (χ4n) is 1.42. The fraction of sp³-hybridized carbons (Fsp3) is 0.167. The summed E-state index contributed by atoms with van der Waals surface area (Å²) in [6.07, 6.45) is 6.03. The van der Waals surface area contributed by atoms with Crippen molar-refractivity contribution >= 4 is 5.57 Å². The van der Waals surface area contributed by atoms with Crippen molar-refractivity contribution in [2.24, 2.45) is 0 Å². The number of hydrogen-bond donors (Lipinski definition) is 1. The first-order valence-electron chi connectivity index (χ1n) is 4.81. The molecule has 0 fully saturated rings. The average molecular weight is 202 g/mol. The van der Waals surface area contributed by atoms with E-state index in [2.05, 4.69) is 11.5 Å². The molecule has 0 saturated carbocycles. The molecule has 0 amide bonds. The van der Waals surface area contributed by atoms with Crippen LogP contribution in [0.5, 0.6) is 5.75 Å². The Balaban J connectivity index is 2.20. The third kappa shape index (κ3) is 2.13. The molecular weight excluding hydrogens is 188 g/mol. The van der Waals surface area contributed by atoms with Crippen LogP contribution in [0.1, 0.15) is 5.56 Å². The van der Waals surface area contributed by atoms with E-state index >= 15 is 0 Å². The highest BCUT2D eigenvalue weighted by Gasteiger charge is 2.02. The van der Waals surface area contributed by atoms with Gasteiger partial charge in [0.1, 0.15) is 5.75 Å². The van der Waals surface area contributed by atoms with Gasteiger partial charge in [0.2, 0.25) is 0 Å². The quantitative estimate of drug-likeness (QED) is 0.793. The normalized spacial score (nSPS) is 14.5. The van der Waals surface area contributed by atoms with Crippen molar-refractivity contribution in [3.05, 3.63) is 48.3 Å². The number of rotatable bonds is 2. The largest absolute Gasteiger partial charge is 0.497 e. The van der Waals surface area contributed by atoms with Gasteiger partial charge in [-0.2, -0.15) is 0 Å².